The Hall–Kier alpha value is -1.96. The Morgan fingerprint density at radius 1 is 1.17 bits per heavy atom. The largest absolute Gasteiger partial charge is 0.379 e. The molecule has 1 fully saturated rings. The summed E-state index contributed by atoms with van der Waals surface area (Å²) in [5.41, 5.74) is 2.16. The van der Waals surface area contributed by atoms with Crippen molar-refractivity contribution in [2.45, 2.75) is 0 Å². The number of imidazole rings is 1. The Balaban J connectivity index is 1.44. The van der Waals surface area contributed by atoms with Crippen LogP contribution in [0.1, 0.15) is 0 Å². The molecule has 120 valence electrons. The number of hydrogen-bond donors (Lipinski definition) is 1. The van der Waals surface area contributed by atoms with E-state index in [0.29, 0.717) is 0 Å². The van der Waals surface area contributed by atoms with Crippen LogP contribution in [0.2, 0.25) is 0 Å². The van der Waals surface area contributed by atoms with E-state index in [2.05, 4.69) is 32.4 Å². The molecule has 0 spiro atoms. The van der Waals surface area contributed by atoms with E-state index in [9.17, 15) is 0 Å². The molecule has 1 N–H and O–H groups in total. The first-order valence-electron chi connectivity index (χ1n) is 7.84. The van der Waals surface area contributed by atoms with Gasteiger partial charge in [0.25, 0.3) is 0 Å². The van der Waals surface area contributed by atoms with Crippen LogP contribution in [0, 0.1) is 0 Å². The molecule has 3 heterocycles. The van der Waals surface area contributed by atoms with E-state index >= 15 is 0 Å². The molecule has 0 unspecified atom stereocenters. The molecule has 7 heteroatoms. The highest BCUT2D eigenvalue weighted by Crippen LogP contribution is 2.25. The smallest absolute Gasteiger partial charge is 0.214 e. The molecule has 0 aliphatic carbocycles. The predicted octanol–water partition coefficient (Wildman–Crippen LogP) is 2.20. The number of fused-ring (bicyclic) bond motifs is 1. The quantitative estimate of drug-likeness (QED) is 0.778. The summed E-state index contributed by atoms with van der Waals surface area (Å²) in [7, 11) is 0. The predicted molar refractivity (Wildman–Crippen MR) is 92.0 cm³/mol. The van der Waals surface area contributed by atoms with Gasteiger partial charge in [0.15, 0.2) is 0 Å². The van der Waals surface area contributed by atoms with Gasteiger partial charge >= 0.3 is 0 Å². The zero-order valence-electron chi connectivity index (χ0n) is 12.8. The first-order chi connectivity index (χ1) is 11.4. The molecule has 4 rings (SSSR count). The van der Waals surface area contributed by atoms with Crippen molar-refractivity contribution in [3.05, 3.63) is 36.5 Å². The Morgan fingerprint density at radius 3 is 2.83 bits per heavy atom. The molecule has 1 aliphatic heterocycles. The summed E-state index contributed by atoms with van der Waals surface area (Å²) in [6.45, 7) is 5.60. The molecule has 6 nitrogen and oxygen atoms in total. The van der Waals surface area contributed by atoms with Crippen LogP contribution in [-0.2, 0) is 4.74 Å². The first-order valence-corrected chi connectivity index (χ1v) is 8.66. The fraction of sp³-hybridized carbons (Fsp3) is 0.375. The van der Waals surface area contributed by atoms with Crippen LogP contribution in [0.25, 0.3) is 16.2 Å². The van der Waals surface area contributed by atoms with Crippen molar-refractivity contribution in [2.75, 3.05) is 44.7 Å². The van der Waals surface area contributed by atoms with Crippen LogP contribution in [0.5, 0.6) is 0 Å². The molecule has 3 aromatic rings. The van der Waals surface area contributed by atoms with Gasteiger partial charge in [-0.2, -0.15) is 0 Å². The van der Waals surface area contributed by atoms with E-state index in [1.165, 1.54) is 0 Å². The third kappa shape index (κ3) is 3.21. The van der Waals surface area contributed by atoms with Gasteiger partial charge in [-0.25, -0.2) is 9.50 Å². The molecule has 1 aliphatic rings. The summed E-state index contributed by atoms with van der Waals surface area (Å²) in [4.78, 5) is 7.79. The number of ether oxygens (including phenoxy) is 1. The molecule has 0 atom stereocenters. The van der Waals surface area contributed by atoms with Crippen molar-refractivity contribution < 1.29 is 4.74 Å². The molecule has 1 saturated heterocycles. The summed E-state index contributed by atoms with van der Waals surface area (Å²) in [5.74, 6) is 0. The number of hydrogen-bond acceptors (Lipinski definition) is 6. The molecular formula is C16H19N5OS. The second-order valence-electron chi connectivity index (χ2n) is 5.49. The zero-order chi connectivity index (χ0) is 15.5. The highest BCUT2D eigenvalue weighted by atomic mass is 32.1. The van der Waals surface area contributed by atoms with Crippen molar-refractivity contribution in [3.63, 3.8) is 0 Å². The number of nitrogens with zero attached hydrogens (tertiary/aromatic N) is 4. The second-order valence-corrected chi connectivity index (χ2v) is 6.45. The minimum absolute atomic E-state index is 0.839. The normalized spacial score (nSPS) is 16.0. The summed E-state index contributed by atoms with van der Waals surface area (Å²) in [6, 6.07) is 10.2. The van der Waals surface area contributed by atoms with Crippen molar-refractivity contribution in [3.8, 4) is 11.3 Å². The number of rotatable bonds is 5. The minimum atomic E-state index is 0.839. The molecule has 1 aromatic carbocycles. The molecule has 0 radical (unpaired) electrons. The third-order valence-electron chi connectivity index (χ3n) is 3.96. The summed E-state index contributed by atoms with van der Waals surface area (Å²) < 4.78 is 7.28. The van der Waals surface area contributed by atoms with Crippen LogP contribution in [0.15, 0.2) is 36.5 Å². The van der Waals surface area contributed by atoms with Gasteiger partial charge < -0.3 is 10.1 Å². The van der Waals surface area contributed by atoms with Crippen LogP contribution >= 0.6 is 11.3 Å². The van der Waals surface area contributed by atoms with Gasteiger partial charge in [0, 0.05) is 31.7 Å². The van der Waals surface area contributed by atoms with Crippen molar-refractivity contribution in [1.82, 2.24) is 19.5 Å². The number of morpholine rings is 1. The Kier molecular flexibility index (Phi) is 4.23. The van der Waals surface area contributed by atoms with E-state index in [4.69, 9.17) is 4.74 Å². The minimum Gasteiger partial charge on any atom is -0.379 e. The molecule has 0 saturated carbocycles. The van der Waals surface area contributed by atoms with Gasteiger partial charge in [-0.1, -0.05) is 41.7 Å². The summed E-state index contributed by atoms with van der Waals surface area (Å²) >= 11 is 1.59. The SMILES string of the molecule is c1ccc(-c2cnc3sc(NCCN4CCOCC4)nn23)cc1. The van der Waals surface area contributed by atoms with E-state index in [1.54, 1.807) is 11.3 Å². The highest BCUT2D eigenvalue weighted by molar-refractivity contribution is 7.20. The topological polar surface area (TPSA) is 54.7 Å². The zero-order valence-corrected chi connectivity index (χ0v) is 13.6. The molecule has 0 amide bonds. The van der Waals surface area contributed by atoms with Crippen LogP contribution in [-0.4, -0.2) is 58.9 Å². The van der Waals surface area contributed by atoms with Gasteiger partial charge in [0.05, 0.1) is 25.1 Å². The van der Waals surface area contributed by atoms with Crippen molar-refractivity contribution >= 4 is 21.4 Å². The maximum absolute atomic E-state index is 5.37. The van der Waals surface area contributed by atoms with E-state index < -0.39 is 0 Å². The van der Waals surface area contributed by atoms with Gasteiger partial charge in [-0.15, -0.1) is 5.10 Å². The Labute approximate surface area is 138 Å². The lowest BCUT2D eigenvalue weighted by Gasteiger charge is -2.26. The standard InChI is InChI=1S/C16H19N5OS/c1-2-4-13(5-3-1)14-12-18-16-21(14)19-15(23-16)17-6-7-20-8-10-22-11-9-20/h1-5,12H,6-11H2,(H,17,19). The average molecular weight is 329 g/mol. The first kappa shape index (κ1) is 14.6. The molecule has 0 bridgehead atoms. The molecule has 2 aromatic heterocycles. The summed E-state index contributed by atoms with van der Waals surface area (Å²) in [5, 5.41) is 8.98. The highest BCUT2D eigenvalue weighted by Gasteiger charge is 2.12. The Morgan fingerprint density at radius 2 is 2.00 bits per heavy atom. The van der Waals surface area contributed by atoms with Crippen LogP contribution in [0.4, 0.5) is 5.13 Å². The number of benzene rings is 1. The van der Waals surface area contributed by atoms with Crippen LogP contribution < -0.4 is 5.32 Å². The summed E-state index contributed by atoms with van der Waals surface area (Å²) in [6.07, 6.45) is 1.88. The lowest BCUT2D eigenvalue weighted by atomic mass is 10.2. The fourth-order valence-corrected chi connectivity index (χ4v) is 3.52. The molecular weight excluding hydrogens is 310 g/mol. The number of anilines is 1. The number of aromatic nitrogens is 3. The van der Waals surface area contributed by atoms with E-state index in [1.807, 2.05) is 28.9 Å². The van der Waals surface area contributed by atoms with E-state index in [-0.39, 0.29) is 0 Å². The van der Waals surface area contributed by atoms with Crippen LogP contribution in [0.3, 0.4) is 0 Å². The lowest BCUT2D eigenvalue weighted by Crippen LogP contribution is -2.39. The maximum atomic E-state index is 5.37. The van der Waals surface area contributed by atoms with Gasteiger partial charge in [0.2, 0.25) is 10.1 Å². The monoisotopic (exact) mass is 329 g/mol. The Bertz CT molecular complexity index is 763. The van der Waals surface area contributed by atoms with Gasteiger partial charge in [-0.3, -0.25) is 4.90 Å². The fourth-order valence-electron chi connectivity index (χ4n) is 2.72. The maximum Gasteiger partial charge on any atom is 0.214 e. The molecule has 23 heavy (non-hydrogen) atoms. The average Bonchev–Trinajstić information content (AvgIpc) is 3.17. The van der Waals surface area contributed by atoms with Crippen molar-refractivity contribution in [2.24, 2.45) is 0 Å². The van der Waals surface area contributed by atoms with Gasteiger partial charge in [-0.05, 0) is 0 Å². The van der Waals surface area contributed by atoms with Gasteiger partial charge in [0.1, 0.15) is 0 Å². The van der Waals surface area contributed by atoms with Crippen molar-refractivity contribution in [1.29, 1.82) is 0 Å². The van der Waals surface area contributed by atoms with E-state index in [0.717, 1.165) is 60.7 Å². The second kappa shape index (κ2) is 6.66. The third-order valence-corrected chi connectivity index (χ3v) is 4.84. The number of nitrogens with one attached hydrogen (secondary N) is 1. The lowest BCUT2D eigenvalue weighted by molar-refractivity contribution is 0.0398.